The van der Waals surface area contributed by atoms with E-state index in [9.17, 15) is 4.39 Å². The van der Waals surface area contributed by atoms with Crippen molar-refractivity contribution in [3.05, 3.63) is 28.0 Å². The third-order valence-corrected chi connectivity index (χ3v) is 2.88. The van der Waals surface area contributed by atoms with E-state index in [-0.39, 0.29) is 5.82 Å². The van der Waals surface area contributed by atoms with Crippen LogP contribution >= 0.6 is 15.9 Å². The van der Waals surface area contributed by atoms with E-state index in [1.165, 1.54) is 0 Å². The van der Waals surface area contributed by atoms with E-state index in [1.54, 1.807) is 18.2 Å². The first-order valence-electron chi connectivity index (χ1n) is 4.88. The van der Waals surface area contributed by atoms with Crippen LogP contribution in [0.3, 0.4) is 0 Å². The molecule has 0 spiro atoms. The van der Waals surface area contributed by atoms with Gasteiger partial charge in [-0.1, -0.05) is 12.2 Å². The van der Waals surface area contributed by atoms with Crippen LogP contribution in [0.25, 0.3) is 6.08 Å². The van der Waals surface area contributed by atoms with Crippen molar-refractivity contribution in [3.8, 4) is 11.5 Å². The van der Waals surface area contributed by atoms with Crippen molar-refractivity contribution in [3.63, 3.8) is 0 Å². The second-order valence-electron chi connectivity index (χ2n) is 3.26. The fourth-order valence-corrected chi connectivity index (χ4v) is 2.00. The largest absolute Gasteiger partial charge is 0.486 e. The van der Waals surface area contributed by atoms with Gasteiger partial charge in [0, 0.05) is 12.1 Å². The fraction of sp³-hybridized carbons (Fsp3) is 0.273. The first-order valence-corrected chi connectivity index (χ1v) is 5.67. The Labute approximate surface area is 101 Å². The zero-order valence-electron chi connectivity index (χ0n) is 8.50. The normalized spacial score (nSPS) is 14.4. The molecule has 0 radical (unpaired) electrons. The molecule has 5 heteroatoms. The van der Waals surface area contributed by atoms with Crippen LogP contribution in [0, 0.1) is 5.82 Å². The van der Waals surface area contributed by atoms with E-state index in [0.29, 0.717) is 41.3 Å². The molecule has 0 fully saturated rings. The molecular weight excluding hydrogens is 277 g/mol. The summed E-state index contributed by atoms with van der Waals surface area (Å²) < 4.78 is 24.9. The molecule has 1 aromatic carbocycles. The molecule has 16 heavy (non-hydrogen) atoms. The van der Waals surface area contributed by atoms with Gasteiger partial charge in [0.1, 0.15) is 19.0 Å². The molecule has 0 atom stereocenters. The lowest BCUT2D eigenvalue weighted by Gasteiger charge is -2.20. The Morgan fingerprint density at radius 3 is 2.94 bits per heavy atom. The summed E-state index contributed by atoms with van der Waals surface area (Å²) >= 11 is 3.16. The van der Waals surface area contributed by atoms with E-state index in [1.807, 2.05) is 0 Å². The summed E-state index contributed by atoms with van der Waals surface area (Å²) in [5.74, 6) is 0.610. The Morgan fingerprint density at radius 1 is 1.44 bits per heavy atom. The minimum atomic E-state index is -0.367. The molecule has 0 unspecified atom stereocenters. The van der Waals surface area contributed by atoms with E-state index in [0.717, 1.165) is 0 Å². The van der Waals surface area contributed by atoms with Crippen molar-refractivity contribution in [2.75, 3.05) is 19.8 Å². The van der Waals surface area contributed by atoms with Gasteiger partial charge in [-0.05, 0) is 22.0 Å². The fourth-order valence-electron chi connectivity index (χ4n) is 1.46. The summed E-state index contributed by atoms with van der Waals surface area (Å²) in [6.07, 6.45) is 3.30. The van der Waals surface area contributed by atoms with Gasteiger partial charge in [-0.3, -0.25) is 0 Å². The first-order chi connectivity index (χ1) is 7.74. The number of hydrogen-bond donors (Lipinski definition) is 1. The Hall–Kier alpha value is -1.07. The molecule has 0 saturated heterocycles. The van der Waals surface area contributed by atoms with E-state index >= 15 is 0 Å². The van der Waals surface area contributed by atoms with Crippen molar-refractivity contribution >= 4 is 22.0 Å². The Morgan fingerprint density at radius 2 is 2.19 bits per heavy atom. The average molecular weight is 288 g/mol. The van der Waals surface area contributed by atoms with Crippen LogP contribution < -0.4 is 15.2 Å². The zero-order chi connectivity index (χ0) is 11.5. The van der Waals surface area contributed by atoms with Crippen LogP contribution in [-0.4, -0.2) is 19.8 Å². The highest BCUT2D eigenvalue weighted by Gasteiger charge is 2.20. The van der Waals surface area contributed by atoms with E-state index in [2.05, 4.69) is 15.9 Å². The van der Waals surface area contributed by atoms with Crippen LogP contribution in [0.2, 0.25) is 0 Å². The minimum Gasteiger partial charge on any atom is -0.486 e. The number of nitrogens with two attached hydrogens (primary N) is 1. The molecule has 0 aromatic heterocycles. The van der Waals surface area contributed by atoms with Gasteiger partial charge in [0.2, 0.25) is 0 Å². The van der Waals surface area contributed by atoms with Crippen molar-refractivity contribution < 1.29 is 13.9 Å². The molecule has 2 rings (SSSR count). The van der Waals surface area contributed by atoms with Gasteiger partial charge in [-0.25, -0.2) is 4.39 Å². The minimum absolute atomic E-state index is 0.293. The molecule has 2 N–H and O–H groups in total. The van der Waals surface area contributed by atoms with Gasteiger partial charge in [0.05, 0.1) is 4.47 Å². The highest BCUT2D eigenvalue weighted by atomic mass is 79.9. The quantitative estimate of drug-likeness (QED) is 0.908. The summed E-state index contributed by atoms with van der Waals surface area (Å²) in [5, 5.41) is 0. The molecule has 0 bridgehead atoms. The number of fused-ring (bicyclic) bond motifs is 1. The second kappa shape index (κ2) is 4.84. The van der Waals surface area contributed by atoms with Crippen LogP contribution in [0.4, 0.5) is 4.39 Å². The molecule has 1 heterocycles. The molecule has 1 aliphatic rings. The molecule has 1 aliphatic heterocycles. The molecule has 3 nitrogen and oxygen atoms in total. The highest BCUT2D eigenvalue weighted by Crippen LogP contribution is 2.41. The molecule has 0 aliphatic carbocycles. The number of halogens is 2. The lowest BCUT2D eigenvalue weighted by Crippen LogP contribution is -2.16. The molecular formula is C11H11BrFNO2. The Kier molecular flexibility index (Phi) is 3.46. The third kappa shape index (κ3) is 2.05. The number of rotatable bonds is 2. The summed E-state index contributed by atoms with van der Waals surface area (Å²) in [4.78, 5) is 0. The van der Waals surface area contributed by atoms with E-state index < -0.39 is 0 Å². The lowest BCUT2D eigenvalue weighted by molar-refractivity contribution is 0.169. The van der Waals surface area contributed by atoms with Crippen molar-refractivity contribution in [1.82, 2.24) is 0 Å². The van der Waals surface area contributed by atoms with Gasteiger partial charge in [0.25, 0.3) is 0 Å². The summed E-state index contributed by atoms with van der Waals surface area (Å²) in [6.45, 7) is 1.28. The number of ether oxygens (including phenoxy) is 2. The number of hydrogen-bond acceptors (Lipinski definition) is 3. The van der Waals surface area contributed by atoms with Crippen LogP contribution in [0.1, 0.15) is 5.56 Å². The number of benzene rings is 1. The first kappa shape index (κ1) is 11.4. The van der Waals surface area contributed by atoms with Crippen molar-refractivity contribution in [1.29, 1.82) is 0 Å². The van der Waals surface area contributed by atoms with Crippen molar-refractivity contribution in [2.45, 2.75) is 0 Å². The van der Waals surface area contributed by atoms with Gasteiger partial charge < -0.3 is 15.2 Å². The second-order valence-corrected chi connectivity index (χ2v) is 4.05. The molecule has 0 amide bonds. The third-order valence-electron chi connectivity index (χ3n) is 2.18. The Balaban J connectivity index is 2.48. The smallest absolute Gasteiger partial charge is 0.178 e. The summed E-state index contributed by atoms with van der Waals surface area (Å²) in [7, 11) is 0. The molecule has 0 saturated carbocycles. The standard InChI is InChI=1S/C11H11BrFNO2/c12-9-10(13)7(2-1-3-14)6-8-11(9)16-5-4-15-8/h1-2,6H,3-5,14H2/b2-1+. The average Bonchev–Trinajstić information content (AvgIpc) is 2.32. The summed E-state index contributed by atoms with van der Waals surface area (Å²) in [5.41, 5.74) is 5.76. The van der Waals surface area contributed by atoms with Gasteiger partial charge in [0.15, 0.2) is 11.5 Å². The lowest BCUT2D eigenvalue weighted by atomic mass is 10.1. The van der Waals surface area contributed by atoms with Gasteiger partial charge >= 0.3 is 0 Å². The predicted molar refractivity (Wildman–Crippen MR) is 63.2 cm³/mol. The topological polar surface area (TPSA) is 44.5 Å². The summed E-state index contributed by atoms with van der Waals surface area (Å²) in [6, 6.07) is 1.61. The maximum Gasteiger partial charge on any atom is 0.178 e. The SMILES string of the molecule is NC/C=C/c1cc2c(c(Br)c1F)OCCO2. The highest BCUT2D eigenvalue weighted by molar-refractivity contribution is 9.10. The maximum absolute atomic E-state index is 13.8. The Bertz CT molecular complexity index is 434. The van der Waals surface area contributed by atoms with Crippen molar-refractivity contribution in [2.24, 2.45) is 5.73 Å². The molecule has 86 valence electrons. The zero-order valence-corrected chi connectivity index (χ0v) is 10.1. The monoisotopic (exact) mass is 287 g/mol. The maximum atomic E-state index is 13.8. The predicted octanol–water partition coefficient (Wildman–Crippen LogP) is 2.33. The van der Waals surface area contributed by atoms with Crippen LogP contribution in [-0.2, 0) is 0 Å². The van der Waals surface area contributed by atoms with Crippen LogP contribution in [0.15, 0.2) is 16.6 Å². The van der Waals surface area contributed by atoms with Gasteiger partial charge in [-0.2, -0.15) is 0 Å². The van der Waals surface area contributed by atoms with Gasteiger partial charge in [-0.15, -0.1) is 0 Å². The molecule has 1 aromatic rings. The van der Waals surface area contributed by atoms with E-state index in [4.69, 9.17) is 15.2 Å². The van der Waals surface area contributed by atoms with Crippen LogP contribution in [0.5, 0.6) is 11.5 Å².